The van der Waals surface area contributed by atoms with Crippen molar-refractivity contribution in [3.8, 4) is 17.4 Å². The van der Waals surface area contributed by atoms with Crippen LogP contribution in [0.2, 0.25) is 0 Å². The number of rotatable bonds is 8. The van der Waals surface area contributed by atoms with Crippen molar-refractivity contribution < 1.29 is 9.47 Å². The number of aryl methyl sites for hydroxylation is 2. The highest BCUT2D eigenvalue weighted by molar-refractivity contribution is 5.81. The van der Waals surface area contributed by atoms with E-state index in [1.807, 2.05) is 12.1 Å². The summed E-state index contributed by atoms with van der Waals surface area (Å²) in [7, 11) is 5.01. The molecule has 4 aromatic rings. The van der Waals surface area contributed by atoms with E-state index in [0.717, 1.165) is 29.4 Å². The molecule has 0 unspecified atom stereocenters. The van der Waals surface area contributed by atoms with Gasteiger partial charge in [-0.2, -0.15) is 0 Å². The Bertz CT molecular complexity index is 1240. The number of pyridine rings is 2. The average molecular weight is 435 g/mol. The van der Waals surface area contributed by atoms with Crippen LogP contribution in [-0.4, -0.2) is 60.0 Å². The molecule has 1 N–H and O–H groups in total. The lowest BCUT2D eigenvalue weighted by Crippen LogP contribution is -2.23. The van der Waals surface area contributed by atoms with Gasteiger partial charge in [-0.3, -0.25) is 4.98 Å². The molecule has 0 aromatic carbocycles. The molecule has 4 heterocycles. The second-order valence-electron chi connectivity index (χ2n) is 7.86. The van der Waals surface area contributed by atoms with E-state index in [0.29, 0.717) is 29.0 Å². The number of hydrogen-bond donors (Lipinski definition) is 1. The molecule has 0 saturated heterocycles. The fourth-order valence-corrected chi connectivity index (χ4v) is 3.16. The Hall–Kier alpha value is -3.73. The number of tetrazole rings is 1. The van der Waals surface area contributed by atoms with Crippen LogP contribution in [0, 0.1) is 0 Å². The monoisotopic (exact) mass is 435 g/mol. The van der Waals surface area contributed by atoms with Gasteiger partial charge in [0.05, 0.1) is 23.9 Å². The lowest BCUT2D eigenvalue weighted by molar-refractivity contribution is 0.0156. The third-order valence-electron chi connectivity index (χ3n) is 5.24. The molecule has 11 heteroatoms. The molecule has 0 aliphatic heterocycles. The lowest BCUT2D eigenvalue weighted by atomic mass is 10.0. The molecule has 0 bridgehead atoms. The SMILES string of the molecule is COc1nc(-c2nnnn2C)ccc1Nc1ncc2ccnc(CCC(C)(C)OC)c2n1. The predicted molar refractivity (Wildman–Crippen MR) is 119 cm³/mol. The Morgan fingerprint density at radius 3 is 2.66 bits per heavy atom. The van der Waals surface area contributed by atoms with Gasteiger partial charge in [0.25, 0.3) is 0 Å². The molecule has 11 nitrogen and oxygen atoms in total. The number of nitrogens with one attached hydrogen (secondary N) is 1. The zero-order valence-electron chi connectivity index (χ0n) is 18.7. The Morgan fingerprint density at radius 1 is 1.09 bits per heavy atom. The van der Waals surface area contributed by atoms with Gasteiger partial charge in [-0.15, -0.1) is 5.10 Å². The molecule has 0 fully saturated rings. The average Bonchev–Trinajstić information content (AvgIpc) is 3.23. The maximum atomic E-state index is 5.54. The zero-order valence-corrected chi connectivity index (χ0v) is 18.7. The van der Waals surface area contributed by atoms with Crippen molar-refractivity contribution in [1.29, 1.82) is 0 Å². The van der Waals surface area contributed by atoms with E-state index in [9.17, 15) is 0 Å². The minimum atomic E-state index is -0.239. The Kier molecular flexibility index (Phi) is 5.91. The van der Waals surface area contributed by atoms with Crippen LogP contribution in [0.15, 0.2) is 30.6 Å². The summed E-state index contributed by atoms with van der Waals surface area (Å²) < 4.78 is 12.5. The van der Waals surface area contributed by atoms with Crippen molar-refractivity contribution in [2.75, 3.05) is 19.5 Å². The number of anilines is 2. The van der Waals surface area contributed by atoms with E-state index in [1.54, 1.807) is 44.4 Å². The zero-order chi connectivity index (χ0) is 22.7. The van der Waals surface area contributed by atoms with Gasteiger partial charge in [-0.05, 0) is 55.3 Å². The first-order valence-corrected chi connectivity index (χ1v) is 10.1. The number of fused-ring (bicyclic) bond motifs is 1. The fourth-order valence-electron chi connectivity index (χ4n) is 3.16. The van der Waals surface area contributed by atoms with Gasteiger partial charge in [-0.25, -0.2) is 19.6 Å². The first-order chi connectivity index (χ1) is 15.4. The molecule has 0 spiro atoms. The van der Waals surface area contributed by atoms with Crippen LogP contribution in [0.4, 0.5) is 11.6 Å². The second-order valence-corrected chi connectivity index (χ2v) is 7.86. The Morgan fingerprint density at radius 2 is 1.94 bits per heavy atom. The first-order valence-electron chi connectivity index (χ1n) is 10.1. The number of hydrogen-bond acceptors (Lipinski definition) is 10. The van der Waals surface area contributed by atoms with Crippen LogP contribution in [0.25, 0.3) is 22.4 Å². The molecule has 0 aliphatic rings. The summed E-state index contributed by atoms with van der Waals surface area (Å²) in [5.41, 5.74) is 2.67. The van der Waals surface area contributed by atoms with Crippen molar-refractivity contribution in [3.63, 3.8) is 0 Å². The van der Waals surface area contributed by atoms with Gasteiger partial charge >= 0.3 is 0 Å². The third kappa shape index (κ3) is 4.47. The minimum absolute atomic E-state index is 0.239. The van der Waals surface area contributed by atoms with Crippen LogP contribution < -0.4 is 10.1 Å². The largest absolute Gasteiger partial charge is 0.479 e. The first kappa shape index (κ1) is 21.5. The molecule has 0 saturated carbocycles. The summed E-state index contributed by atoms with van der Waals surface area (Å²) in [6.07, 6.45) is 5.11. The predicted octanol–water partition coefficient (Wildman–Crippen LogP) is 2.72. The highest BCUT2D eigenvalue weighted by Gasteiger charge is 2.18. The number of nitrogens with zero attached hydrogens (tertiary/aromatic N) is 8. The Labute approximate surface area is 185 Å². The van der Waals surface area contributed by atoms with E-state index in [4.69, 9.17) is 14.5 Å². The van der Waals surface area contributed by atoms with Crippen LogP contribution in [0.1, 0.15) is 26.0 Å². The van der Waals surface area contributed by atoms with Gasteiger partial charge < -0.3 is 14.8 Å². The highest BCUT2D eigenvalue weighted by Crippen LogP contribution is 2.28. The maximum Gasteiger partial charge on any atom is 0.238 e. The quantitative estimate of drug-likeness (QED) is 0.441. The third-order valence-corrected chi connectivity index (χ3v) is 5.24. The molecule has 0 radical (unpaired) electrons. The van der Waals surface area contributed by atoms with Gasteiger partial charge in [0.15, 0.2) is 0 Å². The van der Waals surface area contributed by atoms with E-state index in [2.05, 4.69) is 49.6 Å². The van der Waals surface area contributed by atoms with Crippen molar-refractivity contribution in [3.05, 3.63) is 36.3 Å². The van der Waals surface area contributed by atoms with Crippen LogP contribution in [0.5, 0.6) is 5.88 Å². The van der Waals surface area contributed by atoms with Crippen LogP contribution >= 0.6 is 0 Å². The maximum absolute atomic E-state index is 5.54. The molecule has 0 amide bonds. The fraction of sp³-hybridized carbons (Fsp3) is 0.381. The van der Waals surface area contributed by atoms with Crippen molar-refractivity contribution in [1.82, 2.24) is 40.1 Å². The molecule has 0 aliphatic carbocycles. The molecular formula is C21H25N9O2. The molecule has 32 heavy (non-hydrogen) atoms. The highest BCUT2D eigenvalue weighted by atomic mass is 16.5. The summed E-state index contributed by atoms with van der Waals surface area (Å²) in [6.45, 7) is 4.11. The molecular weight excluding hydrogens is 410 g/mol. The smallest absolute Gasteiger partial charge is 0.238 e. The van der Waals surface area contributed by atoms with Gasteiger partial charge in [0.2, 0.25) is 17.7 Å². The molecule has 4 rings (SSSR count). The van der Waals surface area contributed by atoms with Gasteiger partial charge in [-0.1, -0.05) is 0 Å². The normalized spacial score (nSPS) is 11.7. The van der Waals surface area contributed by atoms with Crippen molar-refractivity contribution in [2.24, 2.45) is 7.05 Å². The standard InChI is InChI=1S/C21H25N9O2/c1-21(2,32-5)10-8-14-17-13(9-11-22-14)12-23-20(26-17)25-16-7-6-15(24-19(16)31-4)18-27-28-29-30(18)3/h6-7,9,11-12H,8,10H2,1-5H3,(H,23,25,26). The summed E-state index contributed by atoms with van der Waals surface area (Å²) >= 11 is 0. The number of aromatic nitrogens is 8. The summed E-state index contributed by atoms with van der Waals surface area (Å²) in [5, 5.41) is 15.6. The lowest BCUT2D eigenvalue weighted by Gasteiger charge is -2.22. The minimum Gasteiger partial charge on any atom is -0.479 e. The van der Waals surface area contributed by atoms with Crippen molar-refractivity contribution in [2.45, 2.75) is 32.3 Å². The van der Waals surface area contributed by atoms with Crippen LogP contribution in [-0.2, 0) is 18.2 Å². The second kappa shape index (κ2) is 8.79. The summed E-state index contributed by atoms with van der Waals surface area (Å²) in [5.74, 6) is 1.33. The van der Waals surface area contributed by atoms with E-state index in [1.165, 1.54) is 0 Å². The Balaban J connectivity index is 1.63. The van der Waals surface area contributed by atoms with Crippen LogP contribution in [0.3, 0.4) is 0 Å². The summed E-state index contributed by atoms with van der Waals surface area (Å²) in [4.78, 5) is 18.2. The molecule has 0 atom stereocenters. The van der Waals surface area contributed by atoms with E-state index < -0.39 is 0 Å². The molecule has 4 aromatic heterocycles. The summed E-state index contributed by atoms with van der Waals surface area (Å²) in [6, 6.07) is 5.53. The van der Waals surface area contributed by atoms with E-state index in [-0.39, 0.29) is 5.60 Å². The topological polar surface area (TPSA) is 126 Å². The van der Waals surface area contributed by atoms with E-state index >= 15 is 0 Å². The van der Waals surface area contributed by atoms with Gasteiger partial charge in [0, 0.05) is 31.9 Å². The van der Waals surface area contributed by atoms with Crippen molar-refractivity contribution >= 4 is 22.5 Å². The number of methoxy groups -OCH3 is 2. The van der Waals surface area contributed by atoms with Gasteiger partial charge in [0.1, 0.15) is 11.4 Å². The molecule has 166 valence electrons. The number of ether oxygens (including phenoxy) is 2.